The van der Waals surface area contributed by atoms with Crippen molar-refractivity contribution in [1.82, 2.24) is 0 Å². The number of halogens is 7. The third-order valence-corrected chi connectivity index (χ3v) is 8.10. The van der Waals surface area contributed by atoms with Crippen molar-refractivity contribution in [1.29, 1.82) is 5.26 Å². The van der Waals surface area contributed by atoms with Crippen LogP contribution >= 0.6 is 15.9 Å². The topological polar surface area (TPSA) is 73.6 Å². The molecule has 0 spiro atoms. The first-order valence-corrected chi connectivity index (χ1v) is 12.1. The lowest BCUT2D eigenvalue weighted by Crippen LogP contribution is -2.58. The minimum Gasteiger partial charge on any atom is -0.366 e. The van der Waals surface area contributed by atoms with E-state index in [1.165, 1.54) is 18.2 Å². The van der Waals surface area contributed by atoms with E-state index in [0.29, 0.717) is 11.0 Å². The predicted octanol–water partition coefficient (Wildman–Crippen LogP) is 5.53. The van der Waals surface area contributed by atoms with E-state index in [1.807, 2.05) is 0 Å². The summed E-state index contributed by atoms with van der Waals surface area (Å²) in [5.41, 5.74) is -5.53. The summed E-state index contributed by atoms with van der Waals surface area (Å²) in [6.45, 7) is 3.08. The SMILES string of the molecule is CC12CN(c3ccc(Br)c(C(F)(F)F)c3)CC(C)(O1)C1C(=O)N(c3ccc(C#N)c(C(F)(F)F)c3)C(=O)C12. The Kier molecular flexibility index (Phi) is 5.71. The Morgan fingerprint density at radius 3 is 1.89 bits per heavy atom. The number of fused-ring (bicyclic) bond motifs is 5. The van der Waals surface area contributed by atoms with Crippen molar-refractivity contribution in [2.75, 3.05) is 22.9 Å². The molecule has 2 aromatic carbocycles. The average Bonchev–Trinajstić information content (AvgIpc) is 3.17. The molecule has 3 heterocycles. The molecule has 0 aromatic heterocycles. The smallest absolute Gasteiger partial charge is 0.366 e. The first-order chi connectivity index (χ1) is 17.5. The van der Waals surface area contributed by atoms with Gasteiger partial charge in [0.25, 0.3) is 0 Å². The minimum absolute atomic E-state index is 0.0310. The van der Waals surface area contributed by atoms with Crippen LogP contribution in [-0.4, -0.2) is 36.1 Å². The van der Waals surface area contributed by atoms with Gasteiger partial charge in [-0.15, -0.1) is 0 Å². The Bertz CT molecular complexity index is 1380. The summed E-state index contributed by atoms with van der Waals surface area (Å²) in [6, 6.07) is 7.80. The van der Waals surface area contributed by atoms with Crippen LogP contribution in [-0.2, 0) is 26.7 Å². The van der Waals surface area contributed by atoms with Gasteiger partial charge in [0.15, 0.2) is 0 Å². The lowest BCUT2D eigenvalue weighted by atomic mass is 9.79. The zero-order chi connectivity index (χ0) is 28.0. The maximum Gasteiger partial charge on any atom is 0.417 e. The van der Waals surface area contributed by atoms with Gasteiger partial charge < -0.3 is 9.64 Å². The number of amides is 2. The predicted molar refractivity (Wildman–Crippen MR) is 125 cm³/mol. The van der Waals surface area contributed by atoms with Gasteiger partial charge in [-0.25, -0.2) is 4.90 Å². The molecule has 0 aliphatic carbocycles. The second kappa shape index (κ2) is 8.19. The summed E-state index contributed by atoms with van der Waals surface area (Å²) in [5, 5.41) is 9.06. The summed E-state index contributed by atoms with van der Waals surface area (Å²) >= 11 is 2.91. The molecule has 4 atom stereocenters. The highest BCUT2D eigenvalue weighted by Gasteiger charge is 2.72. The number of morpholine rings is 1. The first-order valence-electron chi connectivity index (χ1n) is 11.3. The largest absolute Gasteiger partial charge is 0.417 e. The number of ether oxygens (including phenoxy) is 1. The number of anilines is 2. The van der Waals surface area contributed by atoms with Crippen LogP contribution in [0.4, 0.5) is 37.7 Å². The molecule has 200 valence electrons. The average molecular weight is 602 g/mol. The highest BCUT2D eigenvalue weighted by molar-refractivity contribution is 9.10. The molecule has 6 nitrogen and oxygen atoms in total. The van der Waals surface area contributed by atoms with Crippen molar-refractivity contribution < 1.29 is 40.7 Å². The zero-order valence-electron chi connectivity index (χ0n) is 19.7. The summed E-state index contributed by atoms with van der Waals surface area (Å²) < 4.78 is 87.1. The molecular formula is C25H18BrF6N3O3. The third-order valence-electron chi connectivity index (χ3n) is 7.41. The van der Waals surface area contributed by atoms with E-state index >= 15 is 0 Å². The number of benzene rings is 2. The summed E-state index contributed by atoms with van der Waals surface area (Å²) in [6.07, 6.45) is -9.51. The molecule has 2 amide bonds. The second-order valence-electron chi connectivity index (χ2n) is 10.1. The van der Waals surface area contributed by atoms with Crippen molar-refractivity contribution in [3.8, 4) is 6.07 Å². The van der Waals surface area contributed by atoms with E-state index in [4.69, 9.17) is 10.00 Å². The number of carbonyl (C=O) groups is 2. The van der Waals surface area contributed by atoms with Crippen LogP contribution in [0.15, 0.2) is 40.9 Å². The Hall–Kier alpha value is -3.11. The molecule has 2 bridgehead atoms. The molecule has 13 heteroatoms. The van der Waals surface area contributed by atoms with Crippen LogP contribution in [0.2, 0.25) is 0 Å². The molecule has 0 saturated carbocycles. The van der Waals surface area contributed by atoms with Crippen molar-refractivity contribution in [3.63, 3.8) is 0 Å². The number of hydrogen-bond donors (Lipinski definition) is 0. The molecule has 3 fully saturated rings. The van der Waals surface area contributed by atoms with Crippen LogP contribution in [0, 0.1) is 23.2 Å². The molecule has 3 aliphatic rings. The van der Waals surface area contributed by atoms with E-state index in [1.54, 1.807) is 18.7 Å². The fraction of sp³-hybridized carbons (Fsp3) is 0.400. The second-order valence-corrected chi connectivity index (χ2v) is 10.9. The van der Waals surface area contributed by atoms with E-state index in [2.05, 4.69) is 15.9 Å². The molecule has 4 unspecified atom stereocenters. The molecular weight excluding hydrogens is 584 g/mol. The number of nitriles is 1. The number of imide groups is 1. The lowest BCUT2D eigenvalue weighted by molar-refractivity contribution is -0.142. The normalized spacial score (nSPS) is 29.1. The van der Waals surface area contributed by atoms with Gasteiger partial charge in [-0.1, -0.05) is 15.9 Å². The fourth-order valence-corrected chi connectivity index (χ4v) is 6.47. The molecule has 0 radical (unpaired) electrons. The number of rotatable bonds is 2. The maximum atomic E-state index is 13.6. The van der Waals surface area contributed by atoms with Crippen LogP contribution in [0.5, 0.6) is 0 Å². The monoisotopic (exact) mass is 601 g/mol. The van der Waals surface area contributed by atoms with E-state index in [0.717, 1.165) is 18.2 Å². The van der Waals surface area contributed by atoms with E-state index in [-0.39, 0.29) is 28.9 Å². The highest BCUT2D eigenvalue weighted by Crippen LogP contribution is 2.56. The Morgan fingerprint density at radius 2 is 1.39 bits per heavy atom. The van der Waals surface area contributed by atoms with Crippen LogP contribution in [0.1, 0.15) is 30.5 Å². The Morgan fingerprint density at radius 1 is 0.895 bits per heavy atom. The van der Waals surface area contributed by atoms with Crippen LogP contribution in [0.25, 0.3) is 0 Å². The molecule has 5 rings (SSSR count). The van der Waals surface area contributed by atoms with Crippen molar-refractivity contribution in [2.24, 2.45) is 11.8 Å². The third kappa shape index (κ3) is 3.88. The lowest BCUT2D eigenvalue weighted by Gasteiger charge is -2.46. The van der Waals surface area contributed by atoms with Gasteiger partial charge in [0, 0.05) is 23.2 Å². The quantitative estimate of drug-likeness (QED) is 0.334. The Balaban J connectivity index is 1.52. The number of alkyl halides is 6. The standard InChI is InChI=1S/C25H18BrF6N3O3/c1-22-10-34(13-5-6-17(26)16(7-13)25(30,31)32)11-23(2,38-22)19-18(22)20(36)35(21(19)37)14-4-3-12(9-33)15(8-14)24(27,28)29/h3-8,18-19H,10-11H2,1-2H3. The number of carbonyl (C=O) groups excluding carboxylic acids is 2. The minimum atomic E-state index is -4.89. The van der Waals surface area contributed by atoms with Crippen molar-refractivity contribution in [3.05, 3.63) is 57.6 Å². The molecule has 3 saturated heterocycles. The fourth-order valence-electron chi connectivity index (χ4n) is 6.00. The zero-order valence-corrected chi connectivity index (χ0v) is 21.3. The van der Waals surface area contributed by atoms with Gasteiger partial charge >= 0.3 is 12.4 Å². The van der Waals surface area contributed by atoms with Gasteiger partial charge in [0.2, 0.25) is 11.8 Å². The molecule has 38 heavy (non-hydrogen) atoms. The van der Waals surface area contributed by atoms with Gasteiger partial charge in [0.1, 0.15) is 0 Å². The van der Waals surface area contributed by atoms with Crippen LogP contribution < -0.4 is 9.80 Å². The molecule has 0 N–H and O–H groups in total. The summed E-state index contributed by atoms with van der Waals surface area (Å²) in [4.78, 5) is 29.5. The van der Waals surface area contributed by atoms with E-state index in [9.17, 15) is 35.9 Å². The van der Waals surface area contributed by atoms with Crippen LogP contribution in [0.3, 0.4) is 0 Å². The van der Waals surface area contributed by atoms with Gasteiger partial charge in [-0.05, 0) is 50.2 Å². The number of nitrogens with zero attached hydrogens (tertiary/aromatic N) is 3. The summed E-state index contributed by atoms with van der Waals surface area (Å²) in [7, 11) is 0. The Labute approximate surface area is 220 Å². The van der Waals surface area contributed by atoms with Crippen molar-refractivity contribution in [2.45, 2.75) is 37.4 Å². The maximum absolute atomic E-state index is 13.6. The number of hydrogen-bond acceptors (Lipinski definition) is 5. The van der Waals surface area contributed by atoms with Gasteiger partial charge in [0.05, 0.1) is 51.5 Å². The van der Waals surface area contributed by atoms with E-state index < -0.39 is 63.9 Å². The van der Waals surface area contributed by atoms with Gasteiger partial charge in [-0.2, -0.15) is 31.6 Å². The van der Waals surface area contributed by atoms with Gasteiger partial charge in [-0.3, -0.25) is 9.59 Å². The summed E-state index contributed by atoms with van der Waals surface area (Å²) in [5.74, 6) is -3.68. The molecule has 3 aliphatic heterocycles. The van der Waals surface area contributed by atoms with Crippen molar-refractivity contribution >= 4 is 39.1 Å². The first kappa shape index (κ1) is 26.5. The highest BCUT2D eigenvalue weighted by atomic mass is 79.9. The molecule has 2 aromatic rings.